The molecule has 0 fully saturated rings. The second-order valence-corrected chi connectivity index (χ2v) is 5.15. The minimum atomic E-state index is -0.473. The Bertz CT molecular complexity index is 797. The van der Waals surface area contributed by atoms with Gasteiger partial charge < -0.3 is 4.74 Å². The maximum atomic E-state index is 13.3. The molecule has 100 valence electrons. The summed E-state index contributed by atoms with van der Waals surface area (Å²) in [6, 6.07) is 7.53. The molecule has 2 heterocycles. The van der Waals surface area contributed by atoms with Crippen molar-refractivity contribution in [3.8, 4) is 5.75 Å². The van der Waals surface area contributed by atoms with Gasteiger partial charge in [0.15, 0.2) is 5.78 Å². The normalized spacial score (nSPS) is 10.7. The van der Waals surface area contributed by atoms with Gasteiger partial charge in [0, 0.05) is 11.8 Å². The molecule has 0 amide bonds. The van der Waals surface area contributed by atoms with Gasteiger partial charge in [-0.2, -0.15) is 0 Å². The van der Waals surface area contributed by atoms with Crippen molar-refractivity contribution in [1.29, 1.82) is 0 Å². The lowest BCUT2D eigenvalue weighted by Gasteiger charge is -2.07. The van der Waals surface area contributed by atoms with E-state index in [-0.39, 0.29) is 11.3 Å². The molecule has 3 rings (SSSR count). The topological polar surface area (TPSA) is 39.2 Å². The average Bonchev–Trinajstić information content (AvgIpc) is 2.93. The van der Waals surface area contributed by atoms with E-state index in [1.807, 2.05) is 11.4 Å². The van der Waals surface area contributed by atoms with Crippen molar-refractivity contribution in [2.75, 3.05) is 7.11 Å². The van der Waals surface area contributed by atoms with Crippen LogP contribution in [0.1, 0.15) is 15.9 Å². The molecular weight excluding hydrogens is 277 g/mol. The number of carbonyl (C=O) groups excluding carboxylic acids is 1. The molecule has 0 atom stereocenters. The highest BCUT2D eigenvalue weighted by Gasteiger charge is 2.16. The fourth-order valence-electron chi connectivity index (χ4n) is 1.98. The third kappa shape index (κ3) is 2.16. The van der Waals surface area contributed by atoms with Crippen LogP contribution in [-0.4, -0.2) is 17.9 Å². The summed E-state index contributed by atoms with van der Waals surface area (Å²) in [5.74, 6) is -0.425. The van der Waals surface area contributed by atoms with E-state index in [2.05, 4.69) is 4.98 Å². The molecular formula is C15H10FNO2S. The van der Waals surface area contributed by atoms with Gasteiger partial charge >= 0.3 is 0 Å². The van der Waals surface area contributed by atoms with Crippen LogP contribution in [0.3, 0.4) is 0 Å². The minimum absolute atomic E-state index is 0.199. The summed E-state index contributed by atoms with van der Waals surface area (Å²) in [6.07, 6.45) is 1.50. The number of thiophene rings is 1. The zero-order chi connectivity index (χ0) is 14.1. The van der Waals surface area contributed by atoms with E-state index >= 15 is 0 Å². The summed E-state index contributed by atoms with van der Waals surface area (Å²) in [5.41, 5.74) is 1.46. The van der Waals surface area contributed by atoms with Gasteiger partial charge in [-0.05, 0) is 35.7 Å². The Morgan fingerprint density at radius 3 is 2.95 bits per heavy atom. The van der Waals surface area contributed by atoms with Gasteiger partial charge in [-0.1, -0.05) is 0 Å². The molecule has 3 nitrogen and oxygen atoms in total. The average molecular weight is 287 g/mol. The Labute approximate surface area is 118 Å². The fourth-order valence-corrected chi connectivity index (χ4v) is 2.76. The molecule has 0 aliphatic heterocycles. The zero-order valence-corrected chi connectivity index (χ0v) is 11.4. The number of hydrogen-bond acceptors (Lipinski definition) is 4. The molecule has 0 saturated heterocycles. The lowest BCUT2D eigenvalue weighted by molar-refractivity contribution is 0.103. The summed E-state index contributed by atoms with van der Waals surface area (Å²) < 4.78 is 19.4. The molecule has 3 aromatic rings. The third-order valence-electron chi connectivity index (χ3n) is 2.97. The van der Waals surface area contributed by atoms with Gasteiger partial charge in [0.1, 0.15) is 11.6 Å². The largest absolute Gasteiger partial charge is 0.496 e. The highest BCUT2D eigenvalue weighted by Crippen LogP contribution is 2.25. The summed E-state index contributed by atoms with van der Waals surface area (Å²) >= 11 is 1.51. The molecule has 20 heavy (non-hydrogen) atoms. The summed E-state index contributed by atoms with van der Waals surface area (Å²) in [4.78, 5) is 16.7. The van der Waals surface area contributed by atoms with Gasteiger partial charge in [-0.25, -0.2) is 4.39 Å². The highest BCUT2D eigenvalue weighted by molar-refractivity contribution is 7.17. The number of pyridine rings is 1. The zero-order valence-electron chi connectivity index (χ0n) is 10.6. The van der Waals surface area contributed by atoms with Crippen molar-refractivity contribution in [3.05, 3.63) is 58.9 Å². The number of fused-ring (bicyclic) bond motifs is 1. The first-order valence-corrected chi connectivity index (χ1v) is 6.78. The number of methoxy groups -OCH3 is 1. The number of rotatable bonds is 3. The Kier molecular flexibility index (Phi) is 3.20. The Morgan fingerprint density at radius 2 is 2.15 bits per heavy atom. The van der Waals surface area contributed by atoms with Crippen molar-refractivity contribution in [1.82, 2.24) is 4.98 Å². The number of aromatic nitrogens is 1. The third-order valence-corrected chi connectivity index (χ3v) is 3.82. The SMILES string of the molecule is COc1ccc(F)cc1C(=O)c1cnc2ccsc2c1. The number of hydrogen-bond donors (Lipinski definition) is 0. The molecule has 0 bridgehead atoms. The monoisotopic (exact) mass is 287 g/mol. The number of carbonyl (C=O) groups is 1. The van der Waals surface area contributed by atoms with Crippen LogP contribution in [0.2, 0.25) is 0 Å². The standard InChI is InChI=1S/C15H10FNO2S/c1-19-13-3-2-10(16)7-11(13)15(18)9-6-14-12(17-8-9)4-5-20-14/h2-8H,1H3. The van der Waals surface area contributed by atoms with Gasteiger partial charge in [0.05, 0.1) is 22.9 Å². The fraction of sp³-hybridized carbons (Fsp3) is 0.0667. The number of benzene rings is 1. The number of ketones is 1. The van der Waals surface area contributed by atoms with Gasteiger partial charge in [-0.3, -0.25) is 9.78 Å². The van der Waals surface area contributed by atoms with Crippen LogP contribution in [0.15, 0.2) is 41.9 Å². The second-order valence-electron chi connectivity index (χ2n) is 4.20. The maximum Gasteiger partial charge on any atom is 0.198 e. The lowest BCUT2D eigenvalue weighted by atomic mass is 10.0. The first-order valence-electron chi connectivity index (χ1n) is 5.90. The van der Waals surface area contributed by atoms with Crippen LogP contribution in [-0.2, 0) is 0 Å². The van der Waals surface area contributed by atoms with E-state index in [0.29, 0.717) is 11.3 Å². The Balaban J connectivity index is 2.09. The molecule has 1 aromatic carbocycles. The maximum absolute atomic E-state index is 13.3. The van der Waals surface area contributed by atoms with Gasteiger partial charge in [-0.15, -0.1) is 11.3 Å². The predicted octanol–water partition coefficient (Wildman–Crippen LogP) is 3.68. The number of ether oxygens (including phenoxy) is 1. The van der Waals surface area contributed by atoms with E-state index in [9.17, 15) is 9.18 Å². The molecule has 0 spiro atoms. The van der Waals surface area contributed by atoms with Crippen LogP contribution >= 0.6 is 11.3 Å². The van der Waals surface area contributed by atoms with Crippen molar-refractivity contribution in [2.24, 2.45) is 0 Å². The quantitative estimate of drug-likeness (QED) is 0.690. The molecule has 0 aliphatic carbocycles. The Morgan fingerprint density at radius 1 is 1.30 bits per heavy atom. The molecule has 0 saturated carbocycles. The first-order chi connectivity index (χ1) is 9.69. The predicted molar refractivity (Wildman–Crippen MR) is 76.0 cm³/mol. The van der Waals surface area contributed by atoms with E-state index in [4.69, 9.17) is 4.74 Å². The second kappa shape index (κ2) is 5.02. The van der Waals surface area contributed by atoms with Crippen LogP contribution < -0.4 is 4.74 Å². The van der Waals surface area contributed by atoms with Gasteiger partial charge in [0.25, 0.3) is 0 Å². The Hall–Kier alpha value is -2.27. The van der Waals surface area contributed by atoms with Crippen molar-refractivity contribution < 1.29 is 13.9 Å². The molecule has 0 N–H and O–H groups in total. The molecule has 0 radical (unpaired) electrons. The van der Waals surface area contributed by atoms with Crippen molar-refractivity contribution in [3.63, 3.8) is 0 Å². The van der Waals surface area contributed by atoms with Crippen LogP contribution in [0.5, 0.6) is 5.75 Å². The summed E-state index contributed by atoms with van der Waals surface area (Å²) in [6.45, 7) is 0. The van der Waals surface area contributed by atoms with Crippen LogP contribution in [0.4, 0.5) is 4.39 Å². The van der Waals surface area contributed by atoms with E-state index in [1.54, 1.807) is 6.07 Å². The molecule has 5 heteroatoms. The number of halogens is 1. The summed E-state index contributed by atoms with van der Waals surface area (Å²) in [7, 11) is 1.45. The molecule has 0 aliphatic rings. The molecule has 0 unspecified atom stereocenters. The molecule has 2 aromatic heterocycles. The lowest BCUT2D eigenvalue weighted by Crippen LogP contribution is -2.05. The number of nitrogens with zero attached hydrogens (tertiary/aromatic N) is 1. The highest BCUT2D eigenvalue weighted by atomic mass is 32.1. The summed E-state index contributed by atoms with van der Waals surface area (Å²) in [5, 5.41) is 1.91. The minimum Gasteiger partial charge on any atom is -0.496 e. The van der Waals surface area contributed by atoms with Crippen molar-refractivity contribution >= 4 is 27.3 Å². The van der Waals surface area contributed by atoms with Crippen LogP contribution in [0, 0.1) is 5.82 Å². The van der Waals surface area contributed by atoms with Crippen LogP contribution in [0.25, 0.3) is 10.2 Å². The van der Waals surface area contributed by atoms with Gasteiger partial charge in [0.2, 0.25) is 0 Å². The smallest absolute Gasteiger partial charge is 0.198 e. The van der Waals surface area contributed by atoms with Crippen molar-refractivity contribution in [2.45, 2.75) is 0 Å². The first kappa shape index (κ1) is 12.7. The van der Waals surface area contributed by atoms with E-state index < -0.39 is 5.82 Å². The van der Waals surface area contributed by atoms with E-state index in [0.717, 1.165) is 10.2 Å². The van der Waals surface area contributed by atoms with E-state index in [1.165, 1.54) is 42.8 Å².